The largest absolute Gasteiger partial charge is 0.369 e. The molecule has 0 spiro atoms. The maximum Gasteiger partial charge on any atom is 0.369 e. The molecule has 0 fully saturated rings. The summed E-state index contributed by atoms with van der Waals surface area (Å²) in [6, 6.07) is 0. The molecule has 1 rings (SSSR count). The fraction of sp³-hybridized carbons (Fsp3) is 0.600. The van der Waals surface area contributed by atoms with Crippen molar-refractivity contribution in [2.45, 2.75) is 13.3 Å². The lowest BCUT2D eigenvalue weighted by molar-refractivity contribution is 0.575. The zero-order valence-corrected chi connectivity index (χ0v) is 8.51. The highest BCUT2D eigenvalue weighted by Crippen LogP contribution is 2.10. The van der Waals surface area contributed by atoms with E-state index in [1.807, 2.05) is 6.92 Å². The molecule has 0 bridgehead atoms. The molecule has 0 atom stereocenters. The maximum atomic E-state index is 10.9. The van der Waals surface area contributed by atoms with Crippen LogP contribution in [-0.4, -0.2) is 31.1 Å². The van der Waals surface area contributed by atoms with Gasteiger partial charge in [-0.3, -0.25) is 4.90 Å². The molecule has 13 heavy (non-hydrogen) atoms. The first-order chi connectivity index (χ1) is 5.96. The number of guanidine groups is 1. The van der Waals surface area contributed by atoms with Crippen LogP contribution in [0.15, 0.2) is 8.80 Å². The van der Waals surface area contributed by atoms with E-state index in [1.165, 1.54) is 4.90 Å². The molecule has 1 heterocycles. The second-order valence-corrected chi connectivity index (χ2v) is 4.01. The molecule has 0 unspecified atom stereocenters. The molecule has 0 aromatic heterocycles. The minimum atomic E-state index is -3.86. The fourth-order valence-corrected chi connectivity index (χ4v) is 1.95. The molecule has 0 saturated heterocycles. The fourth-order valence-electron chi connectivity index (χ4n) is 0.857. The molecule has 2 N–H and O–H groups in total. The first kappa shape index (κ1) is 10.3. The summed E-state index contributed by atoms with van der Waals surface area (Å²) in [4.78, 5) is 1.34. The SMILES string of the molecule is CCCN1C(N)=NS(=O)(=O)N=C1Cl. The number of halogens is 1. The number of rotatable bonds is 2. The molecule has 1 aliphatic rings. The minimum absolute atomic E-state index is 0.137. The molecule has 74 valence electrons. The second kappa shape index (κ2) is 3.51. The van der Waals surface area contributed by atoms with Crippen LogP contribution in [0.2, 0.25) is 0 Å². The molecule has 0 amide bonds. The van der Waals surface area contributed by atoms with Gasteiger partial charge in [-0.25, -0.2) is 0 Å². The van der Waals surface area contributed by atoms with Crippen LogP contribution in [0.25, 0.3) is 0 Å². The van der Waals surface area contributed by atoms with Crippen LogP contribution in [-0.2, 0) is 10.2 Å². The lowest BCUT2D eigenvalue weighted by Gasteiger charge is -2.22. The first-order valence-corrected chi connectivity index (χ1v) is 5.37. The standard InChI is InChI=1S/C5H9ClN4O2S/c1-2-3-10-4(6)8-13(11,12)9-5(10)7/h2-3H2,1H3,(H2,7,9). The van der Waals surface area contributed by atoms with Gasteiger partial charge in [0, 0.05) is 6.54 Å². The number of hydrogen-bond donors (Lipinski definition) is 1. The predicted molar refractivity (Wildman–Crippen MR) is 50.8 cm³/mol. The van der Waals surface area contributed by atoms with Crippen molar-refractivity contribution in [2.24, 2.45) is 14.5 Å². The number of nitrogens with zero attached hydrogens (tertiary/aromatic N) is 3. The van der Waals surface area contributed by atoms with Gasteiger partial charge in [-0.1, -0.05) is 6.92 Å². The van der Waals surface area contributed by atoms with Crippen molar-refractivity contribution >= 4 is 33.1 Å². The van der Waals surface area contributed by atoms with Crippen molar-refractivity contribution in [1.29, 1.82) is 0 Å². The van der Waals surface area contributed by atoms with Gasteiger partial charge in [0.15, 0.2) is 0 Å². The monoisotopic (exact) mass is 224 g/mol. The summed E-state index contributed by atoms with van der Waals surface area (Å²) in [6.07, 6.45) is 0.766. The van der Waals surface area contributed by atoms with Crippen LogP contribution in [0.3, 0.4) is 0 Å². The summed E-state index contributed by atoms with van der Waals surface area (Å²) >= 11 is 5.58. The van der Waals surface area contributed by atoms with Gasteiger partial charge in [0.05, 0.1) is 0 Å². The predicted octanol–water partition coefficient (Wildman–Crippen LogP) is -0.134. The van der Waals surface area contributed by atoms with Crippen molar-refractivity contribution in [2.75, 3.05) is 6.54 Å². The molecule has 6 nitrogen and oxygen atoms in total. The van der Waals surface area contributed by atoms with Crippen molar-refractivity contribution < 1.29 is 8.42 Å². The quantitative estimate of drug-likeness (QED) is 0.662. The van der Waals surface area contributed by atoms with E-state index in [9.17, 15) is 8.42 Å². The lowest BCUT2D eigenvalue weighted by Crippen LogP contribution is -2.43. The van der Waals surface area contributed by atoms with E-state index in [4.69, 9.17) is 17.3 Å². The van der Waals surface area contributed by atoms with E-state index in [2.05, 4.69) is 8.80 Å². The van der Waals surface area contributed by atoms with Gasteiger partial charge in [0.1, 0.15) is 0 Å². The van der Waals surface area contributed by atoms with Crippen LogP contribution < -0.4 is 5.73 Å². The molecule has 0 aromatic carbocycles. The second-order valence-electron chi connectivity index (χ2n) is 2.41. The number of nitrogens with two attached hydrogens (primary N) is 1. The Labute approximate surface area is 81.3 Å². The van der Waals surface area contributed by atoms with E-state index in [1.54, 1.807) is 0 Å². The van der Waals surface area contributed by atoms with Gasteiger partial charge in [-0.05, 0) is 18.0 Å². The summed E-state index contributed by atoms with van der Waals surface area (Å²) in [5.74, 6) is -0.137. The van der Waals surface area contributed by atoms with E-state index in [0.29, 0.717) is 6.54 Å². The van der Waals surface area contributed by atoms with Crippen molar-refractivity contribution in [3.8, 4) is 0 Å². The number of hydrogen-bond acceptors (Lipinski definition) is 4. The van der Waals surface area contributed by atoms with Crippen molar-refractivity contribution in [3.63, 3.8) is 0 Å². The van der Waals surface area contributed by atoms with Gasteiger partial charge in [0.2, 0.25) is 11.3 Å². The summed E-state index contributed by atoms with van der Waals surface area (Å²) in [5.41, 5.74) is 5.36. The van der Waals surface area contributed by atoms with E-state index in [0.717, 1.165) is 6.42 Å². The topological polar surface area (TPSA) is 88.1 Å². The van der Waals surface area contributed by atoms with E-state index < -0.39 is 10.2 Å². The third-order valence-corrected chi connectivity index (χ3v) is 2.56. The lowest BCUT2D eigenvalue weighted by atomic mass is 10.4. The molecule has 8 heteroatoms. The smallest absolute Gasteiger partial charge is 0.368 e. The van der Waals surface area contributed by atoms with Crippen LogP contribution >= 0.6 is 11.6 Å². The Hall–Kier alpha value is -0.820. The average molecular weight is 225 g/mol. The summed E-state index contributed by atoms with van der Waals surface area (Å²) in [6.45, 7) is 2.40. The Morgan fingerprint density at radius 1 is 1.54 bits per heavy atom. The summed E-state index contributed by atoms with van der Waals surface area (Å²) in [5, 5.41) is -0.158. The Balaban J connectivity index is 3.00. The summed E-state index contributed by atoms with van der Waals surface area (Å²) in [7, 11) is -3.86. The highest BCUT2D eigenvalue weighted by atomic mass is 35.5. The van der Waals surface area contributed by atoms with Gasteiger partial charge in [-0.15, -0.1) is 8.80 Å². The van der Waals surface area contributed by atoms with Crippen LogP contribution in [0, 0.1) is 0 Å². The zero-order valence-electron chi connectivity index (χ0n) is 6.94. The Morgan fingerprint density at radius 3 is 2.62 bits per heavy atom. The molecular formula is C5H9ClN4O2S. The van der Waals surface area contributed by atoms with Crippen molar-refractivity contribution in [1.82, 2.24) is 4.90 Å². The van der Waals surface area contributed by atoms with Gasteiger partial charge >= 0.3 is 10.2 Å². The molecule has 1 aliphatic heterocycles. The molecule has 0 saturated carbocycles. The van der Waals surface area contributed by atoms with Crippen LogP contribution in [0.4, 0.5) is 0 Å². The zero-order chi connectivity index (χ0) is 10.1. The Kier molecular flexibility index (Phi) is 2.77. The van der Waals surface area contributed by atoms with E-state index >= 15 is 0 Å². The Morgan fingerprint density at radius 2 is 2.15 bits per heavy atom. The third-order valence-electron chi connectivity index (χ3n) is 1.35. The molecule has 0 radical (unpaired) electrons. The minimum Gasteiger partial charge on any atom is -0.368 e. The van der Waals surface area contributed by atoms with Gasteiger partial charge in [-0.2, -0.15) is 8.42 Å². The summed E-state index contributed by atoms with van der Waals surface area (Å²) < 4.78 is 28.1. The van der Waals surface area contributed by atoms with E-state index in [-0.39, 0.29) is 11.3 Å². The van der Waals surface area contributed by atoms with Gasteiger partial charge in [0.25, 0.3) is 0 Å². The maximum absolute atomic E-state index is 10.9. The van der Waals surface area contributed by atoms with Crippen LogP contribution in [0.5, 0.6) is 0 Å². The Bertz CT molecular complexity index is 335. The molecule has 0 aromatic rings. The van der Waals surface area contributed by atoms with Gasteiger partial charge < -0.3 is 5.73 Å². The average Bonchev–Trinajstić information content (AvgIpc) is 1.94. The highest BCUT2D eigenvalue weighted by molar-refractivity contribution is 7.89. The molecular weight excluding hydrogens is 216 g/mol. The number of amidine groups is 1. The molecule has 0 aliphatic carbocycles. The normalized spacial score (nSPS) is 20.9. The third kappa shape index (κ3) is 2.31. The highest BCUT2D eigenvalue weighted by Gasteiger charge is 2.23. The first-order valence-electron chi connectivity index (χ1n) is 3.59. The van der Waals surface area contributed by atoms with Crippen LogP contribution in [0.1, 0.15) is 13.3 Å². The van der Waals surface area contributed by atoms with Crippen molar-refractivity contribution in [3.05, 3.63) is 0 Å².